The Labute approximate surface area is 91.5 Å². The number of imidazole rings is 1. The van der Waals surface area contributed by atoms with E-state index >= 15 is 0 Å². The minimum Gasteiger partial charge on any atom is -0.345 e. The number of aromatic amines is 1. The van der Waals surface area contributed by atoms with Crippen LogP contribution >= 0.6 is 0 Å². The summed E-state index contributed by atoms with van der Waals surface area (Å²) in [5.41, 5.74) is 7.15. The summed E-state index contributed by atoms with van der Waals surface area (Å²) in [5, 5.41) is 0. The lowest BCUT2D eigenvalue weighted by molar-refractivity contribution is 0.386. The first kappa shape index (κ1) is 10.7. The van der Waals surface area contributed by atoms with E-state index < -0.39 is 0 Å². The quantitative estimate of drug-likeness (QED) is 0.783. The molecule has 0 aromatic carbocycles. The van der Waals surface area contributed by atoms with Crippen LogP contribution in [0, 0.1) is 0 Å². The number of H-pyrrole nitrogens is 1. The maximum Gasteiger partial charge on any atom is 0.109 e. The van der Waals surface area contributed by atoms with Gasteiger partial charge in [0.25, 0.3) is 0 Å². The van der Waals surface area contributed by atoms with E-state index in [-0.39, 0.29) is 0 Å². The maximum atomic E-state index is 5.90. The van der Waals surface area contributed by atoms with Gasteiger partial charge in [-0.15, -0.1) is 0 Å². The van der Waals surface area contributed by atoms with Gasteiger partial charge in [0, 0.05) is 23.9 Å². The van der Waals surface area contributed by atoms with Gasteiger partial charge in [0.1, 0.15) is 5.82 Å². The van der Waals surface area contributed by atoms with Crippen molar-refractivity contribution in [2.24, 2.45) is 5.73 Å². The number of aromatic nitrogens is 2. The highest BCUT2D eigenvalue weighted by Crippen LogP contribution is 2.30. The minimum absolute atomic E-state index is 0.417. The first-order valence-electron chi connectivity index (χ1n) is 5.97. The van der Waals surface area contributed by atoms with E-state index in [1.807, 2.05) is 6.20 Å². The summed E-state index contributed by atoms with van der Waals surface area (Å²) in [6.07, 6.45) is 6.64. The van der Waals surface area contributed by atoms with Gasteiger partial charge in [-0.3, -0.25) is 0 Å². The molecule has 0 radical (unpaired) electrons. The van der Waals surface area contributed by atoms with Crippen LogP contribution < -0.4 is 5.73 Å². The van der Waals surface area contributed by atoms with Crippen molar-refractivity contribution in [3.63, 3.8) is 0 Å². The van der Waals surface area contributed by atoms with Gasteiger partial charge in [0.05, 0.1) is 0 Å². The molecule has 3 nitrogen and oxygen atoms in total. The van der Waals surface area contributed by atoms with Crippen molar-refractivity contribution in [2.75, 3.05) is 0 Å². The Kier molecular flexibility index (Phi) is 3.10. The molecule has 0 aliphatic heterocycles. The van der Waals surface area contributed by atoms with Gasteiger partial charge in [0.15, 0.2) is 0 Å². The fourth-order valence-electron chi connectivity index (χ4n) is 2.25. The summed E-state index contributed by atoms with van der Waals surface area (Å²) in [5.74, 6) is 2.32. The average Bonchev–Trinajstić information content (AvgIpc) is 2.68. The zero-order valence-electron chi connectivity index (χ0n) is 9.66. The molecule has 0 amide bonds. The van der Waals surface area contributed by atoms with Crippen LogP contribution in [0.2, 0.25) is 0 Å². The van der Waals surface area contributed by atoms with E-state index in [1.165, 1.54) is 24.4 Å². The third-order valence-electron chi connectivity index (χ3n) is 3.40. The monoisotopic (exact) mass is 207 g/mol. The van der Waals surface area contributed by atoms with E-state index in [9.17, 15) is 0 Å². The van der Waals surface area contributed by atoms with Crippen molar-refractivity contribution in [1.29, 1.82) is 0 Å². The molecule has 84 valence electrons. The summed E-state index contributed by atoms with van der Waals surface area (Å²) < 4.78 is 0. The Morgan fingerprint density at radius 1 is 1.33 bits per heavy atom. The van der Waals surface area contributed by atoms with Gasteiger partial charge >= 0.3 is 0 Å². The average molecular weight is 207 g/mol. The highest BCUT2D eigenvalue weighted by Gasteiger charge is 2.22. The Morgan fingerprint density at radius 3 is 2.53 bits per heavy atom. The predicted octanol–water partition coefficient (Wildman–Crippen LogP) is 2.52. The van der Waals surface area contributed by atoms with Gasteiger partial charge in [-0.1, -0.05) is 13.8 Å². The number of nitrogens with two attached hydrogens (primary N) is 1. The number of nitrogens with one attached hydrogen (secondary N) is 1. The van der Waals surface area contributed by atoms with Crippen molar-refractivity contribution < 1.29 is 0 Å². The van der Waals surface area contributed by atoms with E-state index in [0.717, 1.165) is 12.8 Å². The first-order valence-corrected chi connectivity index (χ1v) is 5.97. The van der Waals surface area contributed by atoms with Crippen molar-refractivity contribution in [1.82, 2.24) is 9.97 Å². The molecule has 1 saturated carbocycles. The zero-order chi connectivity index (χ0) is 10.8. The topological polar surface area (TPSA) is 54.7 Å². The van der Waals surface area contributed by atoms with Crippen molar-refractivity contribution in [2.45, 2.75) is 57.4 Å². The van der Waals surface area contributed by atoms with Gasteiger partial charge in [0.2, 0.25) is 0 Å². The zero-order valence-corrected chi connectivity index (χ0v) is 9.66. The van der Waals surface area contributed by atoms with Crippen LogP contribution in [0.3, 0.4) is 0 Å². The molecule has 0 bridgehead atoms. The summed E-state index contributed by atoms with van der Waals surface area (Å²) in [6, 6.07) is 0.417. The molecule has 1 aromatic heterocycles. The predicted molar refractivity (Wildman–Crippen MR) is 61.9 cm³/mol. The summed E-state index contributed by atoms with van der Waals surface area (Å²) in [7, 11) is 0. The molecule has 3 heteroatoms. The van der Waals surface area contributed by atoms with Crippen LogP contribution in [0.5, 0.6) is 0 Å². The third-order valence-corrected chi connectivity index (χ3v) is 3.40. The molecule has 1 heterocycles. The van der Waals surface area contributed by atoms with E-state index in [2.05, 4.69) is 23.8 Å². The Bertz CT molecular complexity index is 308. The molecule has 1 aliphatic rings. The van der Waals surface area contributed by atoms with Gasteiger partial charge in [-0.2, -0.15) is 0 Å². The molecule has 3 N–H and O–H groups in total. The van der Waals surface area contributed by atoms with Gasteiger partial charge < -0.3 is 10.7 Å². The minimum atomic E-state index is 0.417. The second kappa shape index (κ2) is 4.35. The molecule has 15 heavy (non-hydrogen) atoms. The highest BCUT2D eigenvalue weighted by atomic mass is 14.9. The van der Waals surface area contributed by atoms with E-state index in [4.69, 9.17) is 5.73 Å². The fourth-order valence-corrected chi connectivity index (χ4v) is 2.25. The Morgan fingerprint density at radius 2 is 2.00 bits per heavy atom. The normalized spacial score (nSPS) is 27.2. The van der Waals surface area contributed by atoms with E-state index in [1.54, 1.807) is 0 Å². The smallest absolute Gasteiger partial charge is 0.109 e. The van der Waals surface area contributed by atoms with Crippen LogP contribution in [-0.4, -0.2) is 16.0 Å². The first-order chi connectivity index (χ1) is 7.16. The van der Waals surface area contributed by atoms with Crippen LogP contribution in [-0.2, 0) is 0 Å². The molecule has 1 fully saturated rings. The number of rotatable bonds is 2. The Hall–Kier alpha value is -0.830. The van der Waals surface area contributed by atoms with Gasteiger partial charge in [-0.05, 0) is 31.6 Å². The molecular weight excluding hydrogens is 186 g/mol. The maximum absolute atomic E-state index is 5.90. The van der Waals surface area contributed by atoms with Crippen molar-refractivity contribution >= 4 is 0 Å². The standard InChI is InChI=1S/C12H21N3/c1-8(2)11-7-14-12(15-11)9-3-5-10(13)6-4-9/h7-10H,3-6,13H2,1-2H3,(H,14,15). The van der Waals surface area contributed by atoms with E-state index in [0.29, 0.717) is 17.9 Å². The lowest BCUT2D eigenvalue weighted by Crippen LogP contribution is -2.26. The molecule has 0 unspecified atom stereocenters. The molecule has 0 spiro atoms. The SMILES string of the molecule is CC(C)c1cnc(C2CCC(N)CC2)[nH]1. The summed E-state index contributed by atoms with van der Waals surface area (Å²) >= 11 is 0. The molecule has 0 atom stereocenters. The number of nitrogens with zero attached hydrogens (tertiary/aromatic N) is 1. The number of hydrogen-bond acceptors (Lipinski definition) is 2. The summed E-state index contributed by atoms with van der Waals surface area (Å²) in [6.45, 7) is 4.38. The molecule has 0 saturated heterocycles. The molecule has 2 rings (SSSR count). The molecule has 1 aliphatic carbocycles. The lowest BCUT2D eigenvalue weighted by atomic mass is 9.86. The lowest BCUT2D eigenvalue weighted by Gasteiger charge is -2.24. The largest absolute Gasteiger partial charge is 0.345 e. The van der Waals surface area contributed by atoms with Crippen molar-refractivity contribution in [3.05, 3.63) is 17.7 Å². The van der Waals surface area contributed by atoms with Crippen LogP contribution in [0.1, 0.15) is 62.9 Å². The fraction of sp³-hybridized carbons (Fsp3) is 0.750. The number of hydrogen-bond donors (Lipinski definition) is 2. The second-order valence-corrected chi connectivity index (χ2v) is 4.99. The van der Waals surface area contributed by atoms with Crippen molar-refractivity contribution in [3.8, 4) is 0 Å². The molecule has 1 aromatic rings. The Balaban J connectivity index is 2.03. The third kappa shape index (κ3) is 2.40. The highest BCUT2D eigenvalue weighted by molar-refractivity contribution is 5.09. The van der Waals surface area contributed by atoms with Crippen LogP contribution in [0.15, 0.2) is 6.20 Å². The van der Waals surface area contributed by atoms with Gasteiger partial charge in [-0.25, -0.2) is 4.98 Å². The van der Waals surface area contributed by atoms with Crippen LogP contribution in [0.25, 0.3) is 0 Å². The molecular formula is C12H21N3. The van der Waals surface area contributed by atoms with Crippen LogP contribution in [0.4, 0.5) is 0 Å². The summed E-state index contributed by atoms with van der Waals surface area (Å²) in [4.78, 5) is 7.93. The second-order valence-electron chi connectivity index (χ2n) is 4.99.